The maximum Gasteiger partial charge on any atom is 0.416 e. The number of para-hydroxylation sites is 1. The van der Waals surface area contributed by atoms with Crippen molar-refractivity contribution in [1.82, 2.24) is 9.80 Å². The maximum atomic E-state index is 14.6. The van der Waals surface area contributed by atoms with E-state index in [2.05, 4.69) is 46.6 Å². The van der Waals surface area contributed by atoms with E-state index in [9.17, 15) is 32.3 Å². The zero-order chi connectivity index (χ0) is 36.0. The van der Waals surface area contributed by atoms with Crippen LogP contribution < -0.4 is 10.1 Å². The van der Waals surface area contributed by atoms with Gasteiger partial charge in [-0.1, -0.05) is 61.2 Å². The molecule has 1 aliphatic rings. The van der Waals surface area contributed by atoms with Crippen molar-refractivity contribution in [2.75, 3.05) is 32.1 Å². The fourth-order valence-electron chi connectivity index (χ4n) is 5.77. The van der Waals surface area contributed by atoms with Crippen molar-refractivity contribution in [2.24, 2.45) is 5.92 Å². The quantitative estimate of drug-likeness (QED) is 0.157. The molecule has 0 aliphatic carbocycles. The Balaban J connectivity index is 1.35. The largest absolute Gasteiger partial charge is 0.486 e. The molecule has 0 spiro atoms. The predicted octanol–water partition coefficient (Wildman–Crippen LogP) is 7.53. The highest BCUT2D eigenvalue weighted by Gasteiger charge is 2.35. The second kappa shape index (κ2) is 16.1. The van der Waals surface area contributed by atoms with Crippen LogP contribution in [-0.2, 0) is 23.9 Å². The Morgan fingerprint density at radius 3 is 2.40 bits per heavy atom. The van der Waals surface area contributed by atoms with E-state index in [0.717, 1.165) is 27.5 Å². The summed E-state index contributed by atoms with van der Waals surface area (Å²) in [6.07, 6.45) is -5.72. The standard InChI is InChI=1S/C38H39F4N3O4S/c1-24-20-45(25(2)23-46)37(48)31-10-7-11-33(43-35(47)18-27-14-15-28(19-32(27)39)38(40,41)42)36(31)49-34(24)22-44(3)21-26-12-16-30(17-13-26)50-29-8-5-4-6-9-29/h4-17,19,24-25,34,46H,18,20-23H2,1-3H3,(H,43,47)/t24-,25+,34-/m1/s1. The molecule has 4 aromatic rings. The topological polar surface area (TPSA) is 82.1 Å². The van der Waals surface area contributed by atoms with Crippen molar-refractivity contribution >= 4 is 29.3 Å². The van der Waals surface area contributed by atoms with Gasteiger partial charge in [-0.05, 0) is 73.6 Å². The molecule has 0 radical (unpaired) electrons. The number of fused-ring (bicyclic) bond motifs is 1. The van der Waals surface area contributed by atoms with Gasteiger partial charge in [0, 0.05) is 35.3 Å². The van der Waals surface area contributed by atoms with Gasteiger partial charge in [0.05, 0.1) is 35.9 Å². The first-order chi connectivity index (χ1) is 23.8. The number of halogens is 4. The molecule has 0 unspecified atom stereocenters. The summed E-state index contributed by atoms with van der Waals surface area (Å²) in [6, 6.07) is 24.7. The summed E-state index contributed by atoms with van der Waals surface area (Å²) >= 11 is 1.68. The van der Waals surface area contributed by atoms with Crippen molar-refractivity contribution < 1.29 is 37.0 Å². The fraction of sp³-hybridized carbons (Fsp3) is 0.316. The molecule has 264 valence electrons. The number of rotatable bonds is 11. The molecule has 2 N–H and O–H groups in total. The summed E-state index contributed by atoms with van der Waals surface area (Å²) in [5.74, 6) is -2.32. The summed E-state index contributed by atoms with van der Waals surface area (Å²) in [4.78, 5) is 32.9. The third-order valence-electron chi connectivity index (χ3n) is 8.54. The molecule has 3 atom stereocenters. The van der Waals surface area contributed by atoms with Gasteiger partial charge in [0.1, 0.15) is 11.9 Å². The number of nitrogens with one attached hydrogen (secondary N) is 1. The molecule has 0 aromatic heterocycles. The fourth-order valence-corrected chi connectivity index (χ4v) is 6.60. The van der Waals surface area contributed by atoms with Crippen molar-refractivity contribution in [3.05, 3.63) is 119 Å². The van der Waals surface area contributed by atoms with E-state index in [1.165, 1.54) is 0 Å². The van der Waals surface area contributed by atoms with Gasteiger partial charge < -0.3 is 20.1 Å². The van der Waals surface area contributed by atoms with Crippen LogP contribution in [0.3, 0.4) is 0 Å². The highest BCUT2D eigenvalue weighted by atomic mass is 32.2. The zero-order valence-corrected chi connectivity index (χ0v) is 28.7. The van der Waals surface area contributed by atoms with E-state index in [4.69, 9.17) is 4.74 Å². The molecule has 0 bridgehead atoms. The lowest BCUT2D eigenvalue weighted by atomic mass is 9.98. The monoisotopic (exact) mass is 709 g/mol. The number of anilines is 1. The van der Waals surface area contributed by atoms with E-state index >= 15 is 0 Å². The third kappa shape index (κ3) is 9.23. The molecule has 0 fully saturated rings. The molecule has 1 aliphatic heterocycles. The van der Waals surface area contributed by atoms with Crippen LogP contribution in [-0.4, -0.2) is 65.6 Å². The van der Waals surface area contributed by atoms with Crippen LogP contribution in [0.5, 0.6) is 5.75 Å². The van der Waals surface area contributed by atoms with Gasteiger partial charge in [0.15, 0.2) is 5.75 Å². The summed E-state index contributed by atoms with van der Waals surface area (Å²) in [6.45, 7) is 4.83. The Hall–Kier alpha value is -4.39. The van der Waals surface area contributed by atoms with Gasteiger partial charge in [-0.15, -0.1) is 0 Å². The number of aliphatic hydroxyl groups excluding tert-OH is 1. The molecule has 0 saturated heterocycles. The number of carbonyl (C=O) groups excluding carboxylic acids is 2. The molecular weight excluding hydrogens is 670 g/mol. The smallest absolute Gasteiger partial charge is 0.416 e. The normalized spacial score (nSPS) is 17.1. The molecule has 50 heavy (non-hydrogen) atoms. The number of amides is 2. The van der Waals surface area contributed by atoms with Gasteiger partial charge >= 0.3 is 6.18 Å². The van der Waals surface area contributed by atoms with Gasteiger partial charge in [0.2, 0.25) is 5.91 Å². The van der Waals surface area contributed by atoms with Crippen LogP contribution in [0.1, 0.15) is 40.9 Å². The summed E-state index contributed by atoms with van der Waals surface area (Å²) in [5.41, 5.74) is 0.0707. The Morgan fingerprint density at radius 1 is 1.04 bits per heavy atom. The lowest BCUT2D eigenvalue weighted by molar-refractivity contribution is -0.137. The van der Waals surface area contributed by atoms with Crippen molar-refractivity contribution in [3.63, 3.8) is 0 Å². The minimum absolute atomic E-state index is 0.126. The van der Waals surface area contributed by atoms with E-state index < -0.39 is 47.9 Å². The second-order valence-electron chi connectivity index (χ2n) is 12.6. The first-order valence-electron chi connectivity index (χ1n) is 16.2. The van der Waals surface area contributed by atoms with E-state index in [0.29, 0.717) is 25.7 Å². The van der Waals surface area contributed by atoms with Crippen LogP contribution in [0.2, 0.25) is 0 Å². The van der Waals surface area contributed by atoms with Gasteiger partial charge in [-0.25, -0.2) is 4.39 Å². The highest BCUT2D eigenvalue weighted by Crippen LogP contribution is 2.36. The van der Waals surface area contributed by atoms with Crippen molar-refractivity contribution in [1.29, 1.82) is 0 Å². The molecule has 7 nitrogen and oxygen atoms in total. The predicted molar refractivity (Wildman–Crippen MR) is 185 cm³/mol. The molecule has 2 amide bonds. The van der Waals surface area contributed by atoms with Crippen LogP contribution in [0.15, 0.2) is 101 Å². The SMILES string of the molecule is C[C@@H]1CN([C@@H](C)CO)C(=O)c2cccc(NC(=O)Cc3ccc(C(F)(F)F)cc3F)c2O[C@@H]1CN(C)Cc1ccc(Sc2ccccc2)cc1. The summed E-state index contributed by atoms with van der Waals surface area (Å²) < 4.78 is 60.2. The number of aliphatic hydroxyl groups is 1. The zero-order valence-electron chi connectivity index (χ0n) is 27.9. The molecule has 12 heteroatoms. The summed E-state index contributed by atoms with van der Waals surface area (Å²) in [5, 5.41) is 12.7. The Morgan fingerprint density at radius 2 is 1.74 bits per heavy atom. The minimum atomic E-state index is -4.72. The molecule has 1 heterocycles. The van der Waals surface area contributed by atoms with Crippen LogP contribution in [0.25, 0.3) is 0 Å². The van der Waals surface area contributed by atoms with E-state index in [-0.39, 0.29) is 35.1 Å². The number of likely N-dealkylation sites (N-methyl/N-ethyl adjacent to an activating group) is 1. The third-order valence-corrected chi connectivity index (χ3v) is 9.56. The van der Waals surface area contributed by atoms with E-state index in [1.807, 2.05) is 32.2 Å². The number of benzene rings is 4. The lowest BCUT2D eigenvalue weighted by Crippen LogP contribution is -2.49. The molecule has 5 rings (SSSR count). The average molecular weight is 710 g/mol. The van der Waals surface area contributed by atoms with Gasteiger partial charge in [-0.3, -0.25) is 14.5 Å². The van der Waals surface area contributed by atoms with Gasteiger partial charge in [0.25, 0.3) is 5.91 Å². The first kappa shape index (κ1) is 36.9. The molecule has 4 aromatic carbocycles. The number of hydrogen-bond donors (Lipinski definition) is 2. The maximum absolute atomic E-state index is 14.6. The molecular formula is C38H39F4N3O4S. The van der Waals surface area contributed by atoms with Crippen LogP contribution >= 0.6 is 11.8 Å². The molecule has 0 saturated carbocycles. The average Bonchev–Trinajstić information content (AvgIpc) is 3.08. The number of ether oxygens (including phenoxy) is 1. The number of alkyl halides is 3. The van der Waals surface area contributed by atoms with Crippen molar-refractivity contribution in [3.8, 4) is 5.75 Å². The minimum Gasteiger partial charge on any atom is -0.486 e. The van der Waals surface area contributed by atoms with Crippen LogP contribution in [0.4, 0.5) is 23.2 Å². The highest BCUT2D eigenvalue weighted by molar-refractivity contribution is 7.99. The van der Waals surface area contributed by atoms with E-state index in [1.54, 1.807) is 41.8 Å². The Bertz CT molecular complexity index is 1790. The van der Waals surface area contributed by atoms with Crippen LogP contribution in [0, 0.1) is 11.7 Å². The Kier molecular flexibility index (Phi) is 11.9. The number of hydrogen-bond acceptors (Lipinski definition) is 6. The number of carbonyl (C=O) groups is 2. The van der Waals surface area contributed by atoms with Gasteiger partial charge in [-0.2, -0.15) is 13.2 Å². The Labute approximate surface area is 293 Å². The summed E-state index contributed by atoms with van der Waals surface area (Å²) in [7, 11) is 1.97. The second-order valence-corrected chi connectivity index (χ2v) is 13.7. The first-order valence-corrected chi connectivity index (χ1v) is 17.0. The lowest BCUT2D eigenvalue weighted by Gasteiger charge is -2.38. The van der Waals surface area contributed by atoms with Crippen molar-refractivity contribution in [2.45, 2.75) is 54.9 Å². The number of nitrogens with zero attached hydrogens (tertiary/aromatic N) is 2.